The standard InChI is InChI=1S/C18H30N2/c1-3-18(15-17-7-5-4-6-8-17)19-12-9-16-10-13-20(2)14-11-16/h4-8,16,18-19H,3,9-15H2,1-2H3. The lowest BCUT2D eigenvalue weighted by Gasteiger charge is -2.29. The van der Waals surface area contributed by atoms with Crippen LogP contribution in [-0.4, -0.2) is 37.6 Å². The molecule has 0 aromatic heterocycles. The maximum atomic E-state index is 3.76. The van der Waals surface area contributed by atoms with Gasteiger partial charge in [0.05, 0.1) is 0 Å². The third kappa shape index (κ3) is 5.26. The molecule has 0 spiro atoms. The van der Waals surface area contributed by atoms with Gasteiger partial charge in [-0.15, -0.1) is 0 Å². The molecule has 1 aliphatic heterocycles. The smallest absolute Gasteiger partial charge is 0.0105 e. The topological polar surface area (TPSA) is 15.3 Å². The maximum absolute atomic E-state index is 3.76. The zero-order chi connectivity index (χ0) is 14.2. The molecule has 1 N–H and O–H groups in total. The van der Waals surface area contributed by atoms with E-state index in [0.717, 1.165) is 12.3 Å². The van der Waals surface area contributed by atoms with Gasteiger partial charge in [0.25, 0.3) is 0 Å². The van der Waals surface area contributed by atoms with E-state index in [0.29, 0.717) is 6.04 Å². The van der Waals surface area contributed by atoms with Crippen molar-refractivity contribution in [1.82, 2.24) is 10.2 Å². The predicted octanol–water partition coefficient (Wildman–Crippen LogP) is 3.33. The van der Waals surface area contributed by atoms with E-state index in [1.165, 1.54) is 50.9 Å². The number of nitrogens with one attached hydrogen (secondary N) is 1. The molecule has 1 aromatic carbocycles. The van der Waals surface area contributed by atoms with Crippen molar-refractivity contribution >= 4 is 0 Å². The summed E-state index contributed by atoms with van der Waals surface area (Å²) in [4.78, 5) is 2.45. The van der Waals surface area contributed by atoms with E-state index in [4.69, 9.17) is 0 Å². The summed E-state index contributed by atoms with van der Waals surface area (Å²) < 4.78 is 0. The van der Waals surface area contributed by atoms with Crippen molar-refractivity contribution < 1.29 is 0 Å². The molecule has 1 aliphatic rings. The molecule has 2 heteroatoms. The van der Waals surface area contributed by atoms with E-state index < -0.39 is 0 Å². The molecule has 1 atom stereocenters. The van der Waals surface area contributed by atoms with E-state index >= 15 is 0 Å². The van der Waals surface area contributed by atoms with Crippen molar-refractivity contribution in [1.29, 1.82) is 0 Å². The number of nitrogens with zero attached hydrogens (tertiary/aromatic N) is 1. The molecule has 0 amide bonds. The van der Waals surface area contributed by atoms with Gasteiger partial charge in [0, 0.05) is 6.04 Å². The van der Waals surface area contributed by atoms with E-state index in [2.05, 4.69) is 54.5 Å². The van der Waals surface area contributed by atoms with Crippen molar-refractivity contribution in [2.75, 3.05) is 26.7 Å². The molecule has 1 aromatic rings. The monoisotopic (exact) mass is 274 g/mol. The Morgan fingerprint density at radius 1 is 1.20 bits per heavy atom. The van der Waals surface area contributed by atoms with Gasteiger partial charge >= 0.3 is 0 Å². The van der Waals surface area contributed by atoms with Gasteiger partial charge in [0.2, 0.25) is 0 Å². The summed E-state index contributed by atoms with van der Waals surface area (Å²) in [5.41, 5.74) is 1.45. The third-order valence-electron chi connectivity index (χ3n) is 4.64. The van der Waals surface area contributed by atoms with Gasteiger partial charge in [-0.25, -0.2) is 0 Å². The number of hydrogen-bond donors (Lipinski definition) is 1. The normalized spacial score (nSPS) is 19.1. The van der Waals surface area contributed by atoms with Crippen molar-refractivity contribution in [3.8, 4) is 0 Å². The summed E-state index contributed by atoms with van der Waals surface area (Å²) in [6, 6.07) is 11.5. The van der Waals surface area contributed by atoms with Crippen LogP contribution in [0.15, 0.2) is 30.3 Å². The van der Waals surface area contributed by atoms with Crippen LogP contribution >= 0.6 is 0 Å². The average molecular weight is 274 g/mol. The number of benzene rings is 1. The SMILES string of the molecule is CCC(Cc1ccccc1)NCCC1CCN(C)CC1. The molecule has 0 aliphatic carbocycles. The molecular weight excluding hydrogens is 244 g/mol. The van der Waals surface area contributed by atoms with E-state index in [-0.39, 0.29) is 0 Å². The Hall–Kier alpha value is -0.860. The number of hydrogen-bond acceptors (Lipinski definition) is 2. The highest BCUT2D eigenvalue weighted by Gasteiger charge is 2.16. The Kier molecular flexibility index (Phi) is 6.55. The fourth-order valence-electron chi connectivity index (χ4n) is 3.10. The van der Waals surface area contributed by atoms with Gasteiger partial charge in [-0.3, -0.25) is 0 Å². The zero-order valence-corrected chi connectivity index (χ0v) is 13.1. The molecule has 2 nitrogen and oxygen atoms in total. The molecule has 0 radical (unpaired) electrons. The van der Waals surface area contributed by atoms with Crippen LogP contribution in [0, 0.1) is 5.92 Å². The molecule has 1 fully saturated rings. The van der Waals surface area contributed by atoms with Gasteiger partial charge in [0.1, 0.15) is 0 Å². The fraction of sp³-hybridized carbons (Fsp3) is 0.667. The van der Waals surface area contributed by atoms with Crippen LogP contribution in [0.25, 0.3) is 0 Å². The minimum atomic E-state index is 0.628. The second kappa shape index (κ2) is 8.43. The first kappa shape index (κ1) is 15.5. The highest BCUT2D eigenvalue weighted by atomic mass is 15.1. The van der Waals surface area contributed by atoms with Crippen molar-refractivity contribution in [3.63, 3.8) is 0 Å². The minimum Gasteiger partial charge on any atom is -0.314 e. The number of rotatable bonds is 7. The summed E-state index contributed by atoms with van der Waals surface area (Å²) >= 11 is 0. The Morgan fingerprint density at radius 3 is 2.55 bits per heavy atom. The van der Waals surface area contributed by atoms with Gasteiger partial charge in [-0.2, -0.15) is 0 Å². The van der Waals surface area contributed by atoms with Crippen LogP contribution in [0.1, 0.15) is 38.2 Å². The Labute approximate surface area is 124 Å². The highest BCUT2D eigenvalue weighted by Crippen LogP contribution is 2.19. The molecule has 1 saturated heterocycles. The lowest BCUT2D eigenvalue weighted by molar-refractivity contribution is 0.210. The molecule has 2 rings (SSSR count). The first-order valence-corrected chi connectivity index (χ1v) is 8.23. The lowest BCUT2D eigenvalue weighted by atomic mass is 9.93. The average Bonchev–Trinajstić information content (AvgIpc) is 2.49. The van der Waals surface area contributed by atoms with Crippen LogP contribution in [0.3, 0.4) is 0 Å². The van der Waals surface area contributed by atoms with Crippen molar-refractivity contribution in [2.45, 2.75) is 45.1 Å². The number of likely N-dealkylation sites (tertiary alicyclic amines) is 1. The molecular formula is C18H30N2. The van der Waals surface area contributed by atoms with Crippen LogP contribution in [0.5, 0.6) is 0 Å². The van der Waals surface area contributed by atoms with E-state index in [1.54, 1.807) is 0 Å². The first-order chi connectivity index (χ1) is 9.78. The summed E-state index contributed by atoms with van der Waals surface area (Å²) in [7, 11) is 2.24. The summed E-state index contributed by atoms with van der Waals surface area (Å²) in [5, 5.41) is 3.76. The highest BCUT2D eigenvalue weighted by molar-refractivity contribution is 5.15. The third-order valence-corrected chi connectivity index (χ3v) is 4.64. The summed E-state index contributed by atoms with van der Waals surface area (Å²) in [6.07, 6.45) is 6.48. The van der Waals surface area contributed by atoms with Gasteiger partial charge in [-0.1, -0.05) is 37.3 Å². The Morgan fingerprint density at radius 2 is 1.90 bits per heavy atom. The minimum absolute atomic E-state index is 0.628. The van der Waals surface area contributed by atoms with Crippen LogP contribution in [0.2, 0.25) is 0 Å². The number of piperidine rings is 1. The molecule has 1 unspecified atom stereocenters. The van der Waals surface area contributed by atoms with Crippen molar-refractivity contribution in [2.24, 2.45) is 5.92 Å². The van der Waals surface area contributed by atoms with Gasteiger partial charge in [-0.05, 0) is 70.3 Å². The summed E-state index contributed by atoms with van der Waals surface area (Å²) in [6.45, 7) is 6.04. The molecule has 1 heterocycles. The fourth-order valence-corrected chi connectivity index (χ4v) is 3.10. The predicted molar refractivity (Wildman–Crippen MR) is 87.1 cm³/mol. The second-order valence-electron chi connectivity index (χ2n) is 6.28. The zero-order valence-electron chi connectivity index (χ0n) is 13.1. The van der Waals surface area contributed by atoms with E-state index in [1.807, 2.05) is 0 Å². The first-order valence-electron chi connectivity index (χ1n) is 8.23. The largest absolute Gasteiger partial charge is 0.314 e. The molecule has 0 saturated carbocycles. The Bertz CT molecular complexity index is 355. The van der Waals surface area contributed by atoms with Crippen LogP contribution in [0.4, 0.5) is 0 Å². The van der Waals surface area contributed by atoms with Gasteiger partial charge in [0.15, 0.2) is 0 Å². The van der Waals surface area contributed by atoms with Crippen molar-refractivity contribution in [3.05, 3.63) is 35.9 Å². The van der Waals surface area contributed by atoms with Crippen LogP contribution < -0.4 is 5.32 Å². The second-order valence-corrected chi connectivity index (χ2v) is 6.28. The van der Waals surface area contributed by atoms with E-state index in [9.17, 15) is 0 Å². The molecule has 112 valence electrons. The quantitative estimate of drug-likeness (QED) is 0.820. The molecule has 0 bridgehead atoms. The Balaban J connectivity index is 1.66. The molecule has 20 heavy (non-hydrogen) atoms. The maximum Gasteiger partial charge on any atom is 0.0105 e. The van der Waals surface area contributed by atoms with Gasteiger partial charge < -0.3 is 10.2 Å². The lowest BCUT2D eigenvalue weighted by Crippen LogP contribution is -2.35. The summed E-state index contributed by atoms with van der Waals surface area (Å²) in [5.74, 6) is 0.938. The van der Waals surface area contributed by atoms with Crippen LogP contribution in [-0.2, 0) is 6.42 Å².